The van der Waals surface area contributed by atoms with Gasteiger partial charge in [0.2, 0.25) is 0 Å². The molecule has 4 aliphatic carbocycles. The molecule has 4 aliphatic rings. The lowest BCUT2D eigenvalue weighted by molar-refractivity contribution is -0.227. The van der Waals surface area contributed by atoms with E-state index in [2.05, 4.69) is 26.1 Å². The maximum Gasteiger partial charge on any atom is 0.0637 e. The summed E-state index contributed by atoms with van der Waals surface area (Å²) in [4.78, 5) is 0. The van der Waals surface area contributed by atoms with E-state index in [1.165, 1.54) is 44.9 Å². The largest absolute Gasteiger partial charge is 0.378 e. The Hall–Kier alpha value is -0.320. The Balaban J connectivity index is 1.57. The minimum atomic E-state index is 0.170. The molecular weight excluding hydrogens is 550 g/mol. The third-order valence-corrected chi connectivity index (χ3v) is 13.1. The molecule has 4 saturated carbocycles. The summed E-state index contributed by atoms with van der Waals surface area (Å²) in [6.45, 7) is 15.1. The van der Waals surface area contributed by atoms with Gasteiger partial charge in [-0.25, -0.2) is 0 Å². The highest BCUT2D eigenvalue weighted by molar-refractivity contribution is 5.15. The molecule has 0 radical (unpaired) electrons. The van der Waals surface area contributed by atoms with Crippen molar-refractivity contribution in [3.05, 3.63) is 0 Å². The van der Waals surface area contributed by atoms with Crippen molar-refractivity contribution in [2.75, 3.05) is 59.1 Å². The summed E-state index contributed by atoms with van der Waals surface area (Å²) in [5, 5.41) is 3.60. The minimum absolute atomic E-state index is 0.170. The molecule has 8 heteroatoms. The van der Waals surface area contributed by atoms with Crippen molar-refractivity contribution in [2.24, 2.45) is 69.3 Å². The zero-order valence-corrected chi connectivity index (χ0v) is 28.8. The average Bonchev–Trinajstić information content (AvgIpc) is 3.38. The molecule has 0 bridgehead atoms. The summed E-state index contributed by atoms with van der Waals surface area (Å²) < 4.78 is 20.3. The molecule has 0 saturated heterocycles. The topological polar surface area (TPSA) is 144 Å². The highest BCUT2D eigenvalue weighted by Crippen LogP contribution is 2.69. The van der Waals surface area contributed by atoms with Crippen molar-refractivity contribution in [1.82, 2.24) is 5.32 Å². The van der Waals surface area contributed by atoms with Crippen LogP contribution in [-0.4, -0.2) is 77.4 Å². The van der Waals surface area contributed by atoms with Crippen molar-refractivity contribution in [2.45, 2.75) is 123 Å². The van der Waals surface area contributed by atoms with Gasteiger partial charge in [0, 0.05) is 25.2 Å². The van der Waals surface area contributed by atoms with Crippen LogP contribution in [0.15, 0.2) is 0 Å². The molecule has 0 spiro atoms. The summed E-state index contributed by atoms with van der Waals surface area (Å²) in [7, 11) is 0. The molecule has 44 heavy (non-hydrogen) atoms. The highest BCUT2D eigenvalue weighted by atomic mass is 16.5. The standard InChI is InChI=1S/C36H71N5O3/c1-26(9-4-18-41-19-5-14-37)29-10-11-30-34-31(25-33(36(29,30)3)44-22-8-17-40)35(2)13-12-28(42-20-6-15-38)23-27(35)24-32(34)43-21-7-16-39/h26-34,41H,4-25,37-40H2,1-3H3/t26-,27?,28-,29?,30+,31+,32-,33+,34?,35?,36?/m1/s1. The summed E-state index contributed by atoms with van der Waals surface area (Å²) in [5.41, 5.74) is 23.9. The second-order valence-electron chi connectivity index (χ2n) is 15.5. The van der Waals surface area contributed by atoms with E-state index in [1.54, 1.807) is 0 Å². The van der Waals surface area contributed by atoms with Crippen molar-refractivity contribution in [3.63, 3.8) is 0 Å². The first-order chi connectivity index (χ1) is 21.3. The maximum absolute atomic E-state index is 6.99. The molecule has 0 heterocycles. The number of nitrogens with two attached hydrogens (primary N) is 4. The monoisotopic (exact) mass is 622 g/mol. The van der Waals surface area contributed by atoms with Gasteiger partial charge in [-0.3, -0.25) is 0 Å². The number of hydrogen-bond donors (Lipinski definition) is 5. The lowest BCUT2D eigenvalue weighted by atomic mass is 9.43. The average molecular weight is 622 g/mol. The summed E-state index contributed by atoms with van der Waals surface area (Å²) in [6, 6.07) is 0. The van der Waals surface area contributed by atoms with E-state index in [-0.39, 0.29) is 11.5 Å². The van der Waals surface area contributed by atoms with Gasteiger partial charge in [0.25, 0.3) is 0 Å². The third kappa shape index (κ3) is 8.21. The van der Waals surface area contributed by atoms with Gasteiger partial charge in [-0.1, -0.05) is 20.8 Å². The second kappa shape index (κ2) is 17.7. The van der Waals surface area contributed by atoms with E-state index in [4.69, 9.17) is 37.1 Å². The Labute approximate surface area is 270 Å². The molecular formula is C36H71N5O3. The van der Waals surface area contributed by atoms with Crippen LogP contribution in [0.2, 0.25) is 0 Å². The van der Waals surface area contributed by atoms with Crippen LogP contribution >= 0.6 is 0 Å². The first-order valence-corrected chi connectivity index (χ1v) is 18.7. The molecule has 0 aliphatic heterocycles. The molecule has 4 fully saturated rings. The van der Waals surface area contributed by atoms with E-state index in [1.807, 2.05) is 0 Å². The Kier molecular flexibility index (Phi) is 14.7. The maximum atomic E-state index is 6.99. The van der Waals surface area contributed by atoms with Crippen LogP contribution in [0.25, 0.3) is 0 Å². The predicted molar refractivity (Wildman–Crippen MR) is 181 cm³/mol. The minimum Gasteiger partial charge on any atom is -0.378 e. The fraction of sp³-hybridized carbons (Fsp3) is 1.00. The molecule has 9 N–H and O–H groups in total. The van der Waals surface area contributed by atoms with Gasteiger partial charge >= 0.3 is 0 Å². The normalized spacial score (nSPS) is 39.1. The third-order valence-electron chi connectivity index (χ3n) is 13.1. The Morgan fingerprint density at radius 2 is 1.39 bits per heavy atom. The SMILES string of the molecule is C[C@H](CCCNCCCN)C1CC[C@H]2C3[C@H](OCCCN)CC4C[C@H](OCCCN)CCC4(C)[C@H]3C[C@H](OCCCN)C12C. The molecule has 11 atom stereocenters. The van der Waals surface area contributed by atoms with Crippen LogP contribution in [0, 0.1) is 46.3 Å². The fourth-order valence-electron chi connectivity index (χ4n) is 10.7. The van der Waals surface area contributed by atoms with Gasteiger partial charge in [-0.15, -0.1) is 0 Å². The lowest BCUT2D eigenvalue weighted by Gasteiger charge is -2.65. The van der Waals surface area contributed by atoms with Crippen molar-refractivity contribution in [3.8, 4) is 0 Å². The zero-order valence-electron chi connectivity index (χ0n) is 28.8. The van der Waals surface area contributed by atoms with E-state index in [0.717, 1.165) is 78.0 Å². The van der Waals surface area contributed by atoms with Crippen molar-refractivity contribution in [1.29, 1.82) is 0 Å². The highest BCUT2D eigenvalue weighted by Gasteiger charge is 2.66. The van der Waals surface area contributed by atoms with E-state index < -0.39 is 0 Å². The van der Waals surface area contributed by atoms with Crippen LogP contribution in [0.3, 0.4) is 0 Å². The predicted octanol–water partition coefficient (Wildman–Crippen LogP) is 4.42. The molecule has 0 aromatic heterocycles. The quantitative estimate of drug-likeness (QED) is 0.126. The first-order valence-electron chi connectivity index (χ1n) is 18.7. The van der Waals surface area contributed by atoms with Gasteiger partial charge in [0.05, 0.1) is 18.3 Å². The Morgan fingerprint density at radius 1 is 0.727 bits per heavy atom. The van der Waals surface area contributed by atoms with Crippen LogP contribution in [-0.2, 0) is 14.2 Å². The van der Waals surface area contributed by atoms with Crippen molar-refractivity contribution < 1.29 is 14.2 Å². The number of rotatable bonds is 20. The molecule has 0 amide bonds. The van der Waals surface area contributed by atoms with Gasteiger partial charge in [0.15, 0.2) is 0 Å². The van der Waals surface area contributed by atoms with Gasteiger partial charge in [-0.05, 0) is 164 Å². The number of fused-ring (bicyclic) bond motifs is 5. The van der Waals surface area contributed by atoms with E-state index >= 15 is 0 Å². The molecule has 4 rings (SSSR count). The molecule has 0 aromatic carbocycles. The molecule has 5 unspecified atom stereocenters. The van der Waals surface area contributed by atoms with Crippen LogP contribution in [0.1, 0.15) is 104 Å². The first kappa shape index (κ1) is 36.5. The molecule has 8 nitrogen and oxygen atoms in total. The Morgan fingerprint density at radius 3 is 2.09 bits per heavy atom. The van der Waals surface area contributed by atoms with Gasteiger partial charge in [0.1, 0.15) is 0 Å². The summed E-state index contributed by atoms with van der Waals surface area (Å²) in [6.07, 6.45) is 15.8. The lowest BCUT2D eigenvalue weighted by Crippen LogP contribution is -2.63. The van der Waals surface area contributed by atoms with Crippen LogP contribution in [0.5, 0.6) is 0 Å². The Bertz CT molecular complexity index is 821. The summed E-state index contributed by atoms with van der Waals surface area (Å²) >= 11 is 0. The van der Waals surface area contributed by atoms with Crippen LogP contribution < -0.4 is 28.3 Å². The second-order valence-corrected chi connectivity index (χ2v) is 15.5. The number of hydrogen-bond acceptors (Lipinski definition) is 8. The smallest absolute Gasteiger partial charge is 0.0637 e. The van der Waals surface area contributed by atoms with E-state index in [9.17, 15) is 0 Å². The molecule has 258 valence electrons. The zero-order chi connectivity index (χ0) is 31.6. The summed E-state index contributed by atoms with van der Waals surface area (Å²) in [5.74, 6) is 3.85. The molecule has 0 aromatic rings. The van der Waals surface area contributed by atoms with Gasteiger partial charge in [-0.2, -0.15) is 0 Å². The van der Waals surface area contributed by atoms with Crippen molar-refractivity contribution >= 4 is 0 Å². The van der Waals surface area contributed by atoms with Gasteiger partial charge < -0.3 is 42.5 Å². The fourth-order valence-corrected chi connectivity index (χ4v) is 10.7. The number of ether oxygens (including phenoxy) is 3. The number of nitrogens with one attached hydrogen (secondary N) is 1. The van der Waals surface area contributed by atoms with E-state index in [0.29, 0.717) is 72.8 Å². The van der Waals surface area contributed by atoms with Crippen LogP contribution in [0.4, 0.5) is 0 Å².